The van der Waals surface area contributed by atoms with Crippen LogP contribution in [0.1, 0.15) is 5.56 Å². The number of pyridine rings is 2. The van der Waals surface area contributed by atoms with Crippen LogP contribution in [-0.2, 0) is 6.54 Å². The molecule has 0 saturated carbocycles. The van der Waals surface area contributed by atoms with Gasteiger partial charge in [0.2, 0.25) is 11.6 Å². The number of nitrogens with zero attached hydrogens (tertiary/aromatic N) is 4. The highest BCUT2D eigenvalue weighted by atomic mass is 19.2. The van der Waals surface area contributed by atoms with Gasteiger partial charge in [-0.3, -0.25) is 9.67 Å². The van der Waals surface area contributed by atoms with Crippen LogP contribution >= 0.6 is 0 Å². The summed E-state index contributed by atoms with van der Waals surface area (Å²) in [5.74, 6) is -6.58. The van der Waals surface area contributed by atoms with Crippen LogP contribution in [0, 0.1) is 23.3 Å². The van der Waals surface area contributed by atoms with Gasteiger partial charge in [-0.05, 0) is 30.3 Å². The molecule has 0 atom stereocenters. The number of rotatable bonds is 7. The van der Waals surface area contributed by atoms with Crippen molar-refractivity contribution in [1.29, 1.82) is 0 Å². The van der Waals surface area contributed by atoms with Crippen molar-refractivity contribution >= 4 is 22.4 Å². The van der Waals surface area contributed by atoms with Gasteiger partial charge in [0, 0.05) is 23.5 Å². The molecule has 2 aromatic carbocycles. The quantitative estimate of drug-likeness (QED) is 0.219. The third-order valence-corrected chi connectivity index (χ3v) is 5.75. The lowest BCUT2D eigenvalue weighted by Crippen LogP contribution is -2.11. The minimum atomic E-state index is -1.61. The minimum absolute atomic E-state index is 0.395. The largest absolute Gasteiger partial charge is 0.493 e. The number of benzene rings is 2. The first-order valence-electron chi connectivity index (χ1n) is 11.0. The zero-order valence-corrected chi connectivity index (χ0v) is 19.6. The molecule has 0 aliphatic rings. The molecule has 0 unspecified atom stereocenters. The molecule has 0 aliphatic heterocycles. The number of ether oxygens (including phenoxy) is 2. The number of anilines is 2. The van der Waals surface area contributed by atoms with Gasteiger partial charge in [-0.1, -0.05) is 18.2 Å². The smallest absolute Gasteiger partial charge is 0.204 e. The van der Waals surface area contributed by atoms with Crippen LogP contribution in [-0.4, -0.2) is 34.0 Å². The lowest BCUT2D eigenvalue weighted by atomic mass is 10.1. The van der Waals surface area contributed by atoms with Gasteiger partial charge in [-0.25, -0.2) is 13.8 Å². The summed E-state index contributed by atoms with van der Waals surface area (Å²) in [4.78, 5) is 8.64. The van der Waals surface area contributed by atoms with Gasteiger partial charge in [-0.15, -0.1) is 0 Å². The Kier molecular flexibility index (Phi) is 6.34. The lowest BCUT2D eigenvalue weighted by molar-refractivity contribution is 0.327. The molecule has 0 radical (unpaired) electrons. The van der Waals surface area contributed by atoms with Gasteiger partial charge in [0.1, 0.15) is 5.69 Å². The summed E-state index contributed by atoms with van der Waals surface area (Å²) in [5.41, 5.74) is 1.21. The van der Waals surface area contributed by atoms with Gasteiger partial charge in [0.05, 0.1) is 37.5 Å². The maximum absolute atomic E-state index is 14.7. The molecule has 3 heterocycles. The van der Waals surface area contributed by atoms with E-state index in [1.165, 1.54) is 11.8 Å². The number of fused-ring (bicyclic) bond motifs is 1. The first-order valence-corrected chi connectivity index (χ1v) is 11.0. The molecule has 3 aromatic heterocycles. The highest BCUT2D eigenvalue weighted by molar-refractivity contribution is 5.92. The van der Waals surface area contributed by atoms with Crippen molar-refractivity contribution in [3.05, 3.63) is 89.8 Å². The van der Waals surface area contributed by atoms with E-state index in [4.69, 9.17) is 4.74 Å². The van der Waals surface area contributed by atoms with E-state index in [9.17, 15) is 17.6 Å². The van der Waals surface area contributed by atoms with Crippen LogP contribution in [0.3, 0.4) is 0 Å². The van der Waals surface area contributed by atoms with Crippen molar-refractivity contribution in [2.24, 2.45) is 0 Å². The Hall–Kier alpha value is -4.67. The number of hydrogen-bond acceptors (Lipinski definition) is 6. The molecule has 0 aliphatic carbocycles. The number of halogens is 4. The highest BCUT2D eigenvalue weighted by Gasteiger charge is 2.27. The van der Waals surface area contributed by atoms with Crippen LogP contribution in [0.5, 0.6) is 11.5 Å². The van der Waals surface area contributed by atoms with Crippen molar-refractivity contribution in [1.82, 2.24) is 19.7 Å². The summed E-state index contributed by atoms with van der Waals surface area (Å²) in [5, 5.41) is 8.29. The first kappa shape index (κ1) is 24.0. The van der Waals surface area contributed by atoms with E-state index in [0.29, 0.717) is 33.9 Å². The molecule has 1 N–H and O–H groups in total. The fourth-order valence-corrected chi connectivity index (χ4v) is 3.97. The van der Waals surface area contributed by atoms with Gasteiger partial charge in [0.15, 0.2) is 29.0 Å². The fraction of sp³-hybridized carbons (Fsp3) is 0.115. The number of aromatic nitrogens is 4. The summed E-state index contributed by atoms with van der Waals surface area (Å²) in [7, 11) is 2.43. The first-order chi connectivity index (χ1) is 17.9. The molecular weight excluding hydrogens is 490 g/mol. The van der Waals surface area contributed by atoms with Gasteiger partial charge in [-0.2, -0.15) is 13.9 Å². The standard InChI is InChI=1S/C26H19F4N5O2/c1-36-19-8-7-17(33-26(19)32-14-9-11-31-12-10-14)24-15-5-3-4-6-18(15)35(34-24)13-16-20(27)22(29)25(37-2)23(30)21(16)28/h3-12H,13H2,1-2H3,(H,31,32,33). The molecule has 0 bridgehead atoms. The summed E-state index contributed by atoms with van der Waals surface area (Å²) in [6.07, 6.45) is 3.24. The molecule has 0 fully saturated rings. The Morgan fingerprint density at radius 2 is 1.54 bits per heavy atom. The Labute approximate surface area is 208 Å². The monoisotopic (exact) mass is 509 g/mol. The highest BCUT2D eigenvalue weighted by Crippen LogP contribution is 2.34. The van der Waals surface area contributed by atoms with Gasteiger partial charge < -0.3 is 14.8 Å². The topological polar surface area (TPSA) is 74.1 Å². The maximum atomic E-state index is 14.7. The molecule has 37 heavy (non-hydrogen) atoms. The van der Waals surface area contributed by atoms with E-state index in [1.807, 2.05) is 0 Å². The van der Waals surface area contributed by atoms with Crippen LogP contribution in [0.4, 0.5) is 29.1 Å². The van der Waals surface area contributed by atoms with E-state index < -0.39 is 41.1 Å². The van der Waals surface area contributed by atoms with E-state index in [2.05, 4.69) is 25.1 Å². The SMILES string of the molecule is COc1ccc(-c2nn(Cc3c(F)c(F)c(OC)c(F)c3F)c3ccccc23)nc1Nc1ccncc1. The van der Waals surface area contributed by atoms with E-state index in [0.717, 1.165) is 12.8 Å². The van der Waals surface area contributed by atoms with Gasteiger partial charge >= 0.3 is 0 Å². The Bertz CT molecular complexity index is 1580. The van der Waals surface area contributed by atoms with Crippen molar-refractivity contribution in [2.75, 3.05) is 19.5 Å². The third-order valence-electron chi connectivity index (χ3n) is 5.75. The lowest BCUT2D eigenvalue weighted by Gasteiger charge is -2.12. The minimum Gasteiger partial charge on any atom is -0.493 e. The maximum Gasteiger partial charge on any atom is 0.204 e. The van der Waals surface area contributed by atoms with E-state index in [1.54, 1.807) is 60.9 Å². The summed E-state index contributed by atoms with van der Waals surface area (Å²) in [6, 6.07) is 13.8. The van der Waals surface area contributed by atoms with Gasteiger partial charge in [0.25, 0.3) is 0 Å². The van der Waals surface area contributed by atoms with Crippen LogP contribution < -0.4 is 14.8 Å². The van der Waals surface area contributed by atoms with Crippen LogP contribution in [0.15, 0.2) is 60.9 Å². The molecule has 0 spiro atoms. The number of para-hydroxylation sites is 1. The Morgan fingerprint density at radius 1 is 0.838 bits per heavy atom. The molecule has 5 rings (SSSR count). The Balaban J connectivity index is 1.61. The average molecular weight is 509 g/mol. The summed E-state index contributed by atoms with van der Waals surface area (Å²) >= 11 is 0. The molecular formula is C26H19F4N5O2. The zero-order chi connectivity index (χ0) is 26.1. The normalized spacial score (nSPS) is 11.1. The van der Waals surface area contributed by atoms with Crippen molar-refractivity contribution in [3.8, 4) is 22.9 Å². The molecule has 0 amide bonds. The predicted molar refractivity (Wildman–Crippen MR) is 129 cm³/mol. The summed E-state index contributed by atoms with van der Waals surface area (Å²) in [6.45, 7) is -0.575. The molecule has 11 heteroatoms. The van der Waals surface area contributed by atoms with E-state index >= 15 is 0 Å². The number of nitrogens with one attached hydrogen (secondary N) is 1. The summed E-state index contributed by atoms with van der Waals surface area (Å²) < 4.78 is 69.2. The predicted octanol–water partition coefficient (Wildman–Crippen LogP) is 5.86. The molecule has 0 saturated heterocycles. The van der Waals surface area contributed by atoms with Crippen molar-refractivity contribution < 1.29 is 27.0 Å². The van der Waals surface area contributed by atoms with Crippen molar-refractivity contribution in [2.45, 2.75) is 6.54 Å². The zero-order valence-electron chi connectivity index (χ0n) is 19.6. The molecule has 188 valence electrons. The fourth-order valence-electron chi connectivity index (χ4n) is 3.97. The second-order valence-corrected chi connectivity index (χ2v) is 7.90. The average Bonchev–Trinajstić information content (AvgIpc) is 3.29. The second kappa shape index (κ2) is 9.76. The number of methoxy groups -OCH3 is 2. The number of hydrogen-bond donors (Lipinski definition) is 1. The van der Waals surface area contributed by atoms with E-state index in [-0.39, 0.29) is 0 Å². The van der Waals surface area contributed by atoms with Crippen LogP contribution in [0.25, 0.3) is 22.3 Å². The molecule has 5 aromatic rings. The Morgan fingerprint density at radius 3 is 2.22 bits per heavy atom. The van der Waals surface area contributed by atoms with Crippen LogP contribution in [0.2, 0.25) is 0 Å². The van der Waals surface area contributed by atoms with Crippen molar-refractivity contribution in [3.63, 3.8) is 0 Å². The second-order valence-electron chi connectivity index (χ2n) is 7.90. The third kappa shape index (κ3) is 4.28. The molecule has 7 nitrogen and oxygen atoms in total.